The first-order valence-electron chi connectivity index (χ1n) is 5.92. The first-order chi connectivity index (χ1) is 10.0. The van der Waals surface area contributed by atoms with E-state index in [0.29, 0.717) is 14.7 Å². The molecule has 7 heteroatoms. The monoisotopic (exact) mass is 394 g/mol. The van der Waals surface area contributed by atoms with Crippen LogP contribution < -0.4 is 4.90 Å². The lowest BCUT2D eigenvalue weighted by atomic mass is 10.1. The Morgan fingerprint density at radius 2 is 1.57 bits per heavy atom. The van der Waals surface area contributed by atoms with Gasteiger partial charge in [-0.25, -0.2) is 4.90 Å². The number of halogens is 1. The highest BCUT2D eigenvalue weighted by atomic mass is 127. The van der Waals surface area contributed by atoms with Crippen molar-refractivity contribution in [2.24, 2.45) is 0 Å². The molecule has 0 N–H and O–H groups in total. The number of rotatable bonds is 2. The Hall–Kier alpha value is -2.29. The van der Waals surface area contributed by atoms with Crippen LogP contribution in [0.1, 0.15) is 20.7 Å². The van der Waals surface area contributed by atoms with Crippen LogP contribution in [-0.2, 0) is 0 Å². The first kappa shape index (κ1) is 13.7. The summed E-state index contributed by atoms with van der Waals surface area (Å²) in [7, 11) is 0. The number of imide groups is 1. The van der Waals surface area contributed by atoms with Crippen molar-refractivity contribution in [2.45, 2.75) is 0 Å². The third-order valence-electron chi connectivity index (χ3n) is 3.18. The maximum absolute atomic E-state index is 12.3. The zero-order valence-electron chi connectivity index (χ0n) is 10.4. The zero-order valence-corrected chi connectivity index (χ0v) is 12.6. The van der Waals surface area contributed by atoms with Crippen LogP contribution in [0.25, 0.3) is 0 Å². The average molecular weight is 394 g/mol. The molecule has 1 heterocycles. The van der Waals surface area contributed by atoms with Crippen molar-refractivity contribution in [3.05, 3.63) is 67.3 Å². The van der Waals surface area contributed by atoms with Gasteiger partial charge in [0.1, 0.15) is 0 Å². The molecule has 21 heavy (non-hydrogen) atoms. The molecule has 1 aliphatic rings. The van der Waals surface area contributed by atoms with E-state index in [1.807, 2.05) is 22.6 Å². The number of fused-ring (bicyclic) bond motifs is 1. The topological polar surface area (TPSA) is 80.5 Å². The minimum Gasteiger partial charge on any atom is -0.268 e. The van der Waals surface area contributed by atoms with E-state index in [2.05, 4.69) is 0 Å². The Bertz CT molecular complexity index is 768. The lowest BCUT2D eigenvalue weighted by Gasteiger charge is -2.13. The molecule has 2 aromatic carbocycles. The SMILES string of the molecule is O=C1c2ccccc2C(=O)N1c1ccc(I)c([N+](=O)[O-])c1. The highest BCUT2D eigenvalue weighted by molar-refractivity contribution is 14.1. The van der Waals surface area contributed by atoms with Gasteiger partial charge in [0.25, 0.3) is 17.5 Å². The van der Waals surface area contributed by atoms with Gasteiger partial charge < -0.3 is 0 Å². The molecule has 3 rings (SSSR count). The molecule has 104 valence electrons. The van der Waals surface area contributed by atoms with Gasteiger partial charge >= 0.3 is 0 Å². The van der Waals surface area contributed by atoms with Crippen LogP contribution in [0.5, 0.6) is 0 Å². The number of carbonyl (C=O) groups excluding carboxylic acids is 2. The summed E-state index contributed by atoms with van der Waals surface area (Å²) >= 11 is 1.84. The third-order valence-corrected chi connectivity index (χ3v) is 4.09. The average Bonchev–Trinajstić information content (AvgIpc) is 2.72. The van der Waals surface area contributed by atoms with Crippen LogP contribution in [-0.4, -0.2) is 16.7 Å². The number of anilines is 1. The summed E-state index contributed by atoms with van der Waals surface area (Å²) in [6.07, 6.45) is 0. The van der Waals surface area contributed by atoms with Crippen molar-refractivity contribution in [1.29, 1.82) is 0 Å². The van der Waals surface area contributed by atoms with Gasteiger partial charge in [0, 0.05) is 6.07 Å². The molecule has 2 amide bonds. The zero-order chi connectivity index (χ0) is 15.1. The summed E-state index contributed by atoms with van der Waals surface area (Å²) < 4.78 is 0.443. The van der Waals surface area contributed by atoms with Crippen LogP contribution in [0.3, 0.4) is 0 Å². The van der Waals surface area contributed by atoms with Crippen LogP contribution in [0, 0.1) is 13.7 Å². The second kappa shape index (κ2) is 4.92. The normalized spacial score (nSPS) is 13.5. The maximum atomic E-state index is 12.3. The fourth-order valence-electron chi connectivity index (χ4n) is 2.20. The van der Waals surface area contributed by atoms with Crippen molar-refractivity contribution in [1.82, 2.24) is 0 Å². The van der Waals surface area contributed by atoms with E-state index in [-0.39, 0.29) is 11.4 Å². The molecule has 0 unspecified atom stereocenters. The number of hydrogen-bond donors (Lipinski definition) is 0. The lowest BCUT2D eigenvalue weighted by Crippen LogP contribution is -2.29. The summed E-state index contributed by atoms with van der Waals surface area (Å²) in [4.78, 5) is 36.0. The number of nitro groups is 1. The fraction of sp³-hybridized carbons (Fsp3) is 0. The Morgan fingerprint density at radius 1 is 1.00 bits per heavy atom. The molecule has 0 saturated heterocycles. The number of nitro benzene ring substituents is 1. The molecule has 0 bridgehead atoms. The fourth-order valence-corrected chi connectivity index (χ4v) is 2.74. The van der Waals surface area contributed by atoms with E-state index in [0.717, 1.165) is 4.90 Å². The van der Waals surface area contributed by atoms with Crippen molar-refractivity contribution < 1.29 is 14.5 Å². The quantitative estimate of drug-likeness (QED) is 0.340. The van der Waals surface area contributed by atoms with Crippen molar-refractivity contribution in [3.63, 3.8) is 0 Å². The molecule has 0 aliphatic carbocycles. The summed E-state index contributed by atoms with van der Waals surface area (Å²) in [6, 6.07) is 10.7. The van der Waals surface area contributed by atoms with Gasteiger partial charge in [-0.1, -0.05) is 12.1 Å². The summed E-state index contributed by atoms with van der Waals surface area (Å²) in [5.74, 6) is -0.933. The van der Waals surface area contributed by atoms with Crippen LogP contribution >= 0.6 is 22.6 Å². The summed E-state index contributed by atoms with van der Waals surface area (Å²) in [5, 5.41) is 11.0. The van der Waals surface area contributed by atoms with Gasteiger partial charge in [-0.05, 0) is 46.9 Å². The smallest absolute Gasteiger partial charge is 0.268 e. The molecular formula is C14H7IN2O4. The Morgan fingerprint density at radius 3 is 2.10 bits per heavy atom. The van der Waals surface area contributed by atoms with Gasteiger partial charge in [-0.2, -0.15) is 0 Å². The van der Waals surface area contributed by atoms with Crippen molar-refractivity contribution in [3.8, 4) is 0 Å². The van der Waals surface area contributed by atoms with Gasteiger partial charge in [-0.15, -0.1) is 0 Å². The van der Waals surface area contributed by atoms with Crippen molar-refractivity contribution >= 4 is 45.8 Å². The van der Waals surface area contributed by atoms with E-state index in [4.69, 9.17) is 0 Å². The molecule has 0 radical (unpaired) electrons. The van der Waals surface area contributed by atoms with E-state index in [9.17, 15) is 19.7 Å². The second-order valence-corrected chi connectivity index (χ2v) is 5.55. The highest BCUT2D eigenvalue weighted by Crippen LogP contribution is 2.32. The summed E-state index contributed by atoms with van der Waals surface area (Å²) in [5.41, 5.74) is 0.686. The van der Waals surface area contributed by atoms with E-state index < -0.39 is 16.7 Å². The second-order valence-electron chi connectivity index (χ2n) is 4.38. The number of nitrogens with zero attached hydrogens (tertiary/aromatic N) is 2. The van der Waals surface area contributed by atoms with Crippen LogP contribution in [0.4, 0.5) is 11.4 Å². The number of carbonyl (C=O) groups is 2. The molecule has 0 saturated carbocycles. The van der Waals surface area contributed by atoms with Gasteiger partial charge in [-0.3, -0.25) is 19.7 Å². The minimum absolute atomic E-state index is 0.135. The Balaban J connectivity index is 2.11. The van der Waals surface area contributed by atoms with E-state index in [1.54, 1.807) is 24.3 Å². The maximum Gasteiger partial charge on any atom is 0.284 e. The largest absolute Gasteiger partial charge is 0.284 e. The highest BCUT2D eigenvalue weighted by Gasteiger charge is 2.36. The van der Waals surface area contributed by atoms with Gasteiger partial charge in [0.05, 0.1) is 25.3 Å². The number of amides is 2. The molecule has 6 nitrogen and oxygen atoms in total. The van der Waals surface area contributed by atoms with Crippen molar-refractivity contribution in [2.75, 3.05) is 4.90 Å². The molecule has 0 atom stereocenters. The number of hydrogen-bond acceptors (Lipinski definition) is 4. The predicted octanol–water partition coefficient (Wildman–Crippen LogP) is 3.00. The first-order valence-corrected chi connectivity index (χ1v) is 7.00. The third kappa shape index (κ3) is 2.09. The van der Waals surface area contributed by atoms with Gasteiger partial charge in [0.15, 0.2) is 0 Å². The molecule has 0 aromatic heterocycles. The lowest BCUT2D eigenvalue weighted by molar-refractivity contribution is -0.385. The van der Waals surface area contributed by atoms with E-state index >= 15 is 0 Å². The predicted molar refractivity (Wildman–Crippen MR) is 83.4 cm³/mol. The molecule has 0 fully saturated rings. The minimum atomic E-state index is -0.538. The molecule has 2 aromatic rings. The standard InChI is InChI=1S/C14H7IN2O4/c15-11-6-5-8(7-12(11)17(20)21)16-13(18)9-3-1-2-4-10(9)14(16)19/h1-7H. The Kier molecular flexibility index (Phi) is 3.20. The summed E-state index contributed by atoms with van der Waals surface area (Å²) in [6.45, 7) is 0. The Labute approximate surface area is 132 Å². The molecule has 0 spiro atoms. The van der Waals surface area contributed by atoms with Gasteiger partial charge in [0.2, 0.25) is 0 Å². The molecular weight excluding hydrogens is 387 g/mol. The number of benzene rings is 2. The molecule has 1 aliphatic heterocycles. The van der Waals surface area contributed by atoms with Crippen LogP contribution in [0.15, 0.2) is 42.5 Å². The van der Waals surface area contributed by atoms with E-state index in [1.165, 1.54) is 18.2 Å². The van der Waals surface area contributed by atoms with Crippen LogP contribution in [0.2, 0.25) is 0 Å².